The molecular weight excluding hydrogens is 250 g/mol. The van der Waals surface area contributed by atoms with Crippen LogP contribution in [0, 0.1) is 6.92 Å². The molecule has 0 amide bonds. The summed E-state index contributed by atoms with van der Waals surface area (Å²) in [6.45, 7) is 5.19. The van der Waals surface area contributed by atoms with Crippen LogP contribution in [0.2, 0.25) is 5.02 Å². The van der Waals surface area contributed by atoms with E-state index in [0.29, 0.717) is 10.7 Å². The molecule has 4 heteroatoms. The van der Waals surface area contributed by atoms with Crippen molar-refractivity contribution >= 4 is 28.5 Å². The van der Waals surface area contributed by atoms with E-state index >= 15 is 0 Å². The monoisotopic (exact) mass is 263 g/mol. The zero-order valence-electron chi connectivity index (χ0n) is 10.5. The number of rotatable bonds is 2. The van der Waals surface area contributed by atoms with Gasteiger partial charge in [0.25, 0.3) is 0 Å². The normalized spacial score (nSPS) is 11.8. The molecule has 0 atom stereocenters. The van der Waals surface area contributed by atoms with Gasteiger partial charge in [-0.05, 0) is 50.6 Å². The minimum Gasteiger partial charge on any atom is -0.481 e. The maximum Gasteiger partial charge on any atom is 0.315 e. The molecule has 3 nitrogen and oxygen atoms in total. The number of halogens is 1. The van der Waals surface area contributed by atoms with Gasteiger partial charge in [0, 0.05) is 10.4 Å². The number of aromatic nitrogens is 1. The molecule has 0 unspecified atom stereocenters. The van der Waals surface area contributed by atoms with Crippen molar-refractivity contribution in [2.24, 2.45) is 0 Å². The fraction of sp³-hybridized carbons (Fsp3) is 0.286. The molecule has 1 heterocycles. The van der Waals surface area contributed by atoms with Crippen LogP contribution in [0.3, 0.4) is 0 Å². The predicted octanol–water partition coefficient (Wildman–Crippen LogP) is 3.56. The van der Waals surface area contributed by atoms with Crippen LogP contribution in [0.5, 0.6) is 0 Å². The van der Waals surface area contributed by atoms with Crippen molar-refractivity contribution in [1.82, 2.24) is 4.98 Å². The first-order valence-corrected chi connectivity index (χ1v) is 6.01. The van der Waals surface area contributed by atoms with Gasteiger partial charge in [0.05, 0.1) is 11.2 Å². The SMILES string of the molecule is Cc1cc2cc(Cl)ccc2nc1C(C)(C)C(=O)O. The summed E-state index contributed by atoms with van der Waals surface area (Å²) < 4.78 is 0. The molecule has 0 saturated heterocycles. The Kier molecular flexibility index (Phi) is 3.03. The summed E-state index contributed by atoms with van der Waals surface area (Å²) in [6, 6.07) is 7.31. The number of pyridine rings is 1. The first kappa shape index (κ1) is 12.8. The summed E-state index contributed by atoms with van der Waals surface area (Å²) >= 11 is 5.93. The van der Waals surface area contributed by atoms with Gasteiger partial charge in [0.15, 0.2) is 0 Å². The van der Waals surface area contributed by atoms with Crippen LogP contribution >= 0.6 is 11.6 Å². The van der Waals surface area contributed by atoms with Gasteiger partial charge in [0.1, 0.15) is 5.41 Å². The van der Waals surface area contributed by atoms with Crippen LogP contribution in [0.1, 0.15) is 25.1 Å². The van der Waals surface area contributed by atoms with E-state index in [-0.39, 0.29) is 0 Å². The standard InChI is InChI=1S/C14H14ClNO2/c1-8-6-9-7-10(15)4-5-11(9)16-12(8)14(2,3)13(17)18/h4-7H,1-3H3,(H,17,18). The van der Waals surface area contributed by atoms with Crippen molar-refractivity contribution in [3.05, 3.63) is 40.5 Å². The molecule has 18 heavy (non-hydrogen) atoms. The van der Waals surface area contributed by atoms with E-state index in [0.717, 1.165) is 16.5 Å². The molecule has 0 aliphatic rings. The number of aryl methyl sites for hydroxylation is 1. The minimum atomic E-state index is -1.00. The van der Waals surface area contributed by atoms with Crippen molar-refractivity contribution in [2.75, 3.05) is 0 Å². The number of hydrogen-bond donors (Lipinski definition) is 1. The molecule has 1 aromatic carbocycles. The molecular formula is C14H14ClNO2. The lowest BCUT2D eigenvalue weighted by Crippen LogP contribution is -2.30. The van der Waals surface area contributed by atoms with E-state index in [1.165, 1.54) is 0 Å². The summed E-state index contributed by atoms with van der Waals surface area (Å²) in [6.07, 6.45) is 0. The highest BCUT2D eigenvalue weighted by Gasteiger charge is 2.32. The van der Waals surface area contributed by atoms with Gasteiger partial charge in [0.2, 0.25) is 0 Å². The number of hydrogen-bond acceptors (Lipinski definition) is 2. The quantitative estimate of drug-likeness (QED) is 0.901. The highest BCUT2D eigenvalue weighted by atomic mass is 35.5. The number of fused-ring (bicyclic) bond motifs is 1. The Balaban J connectivity index is 2.71. The van der Waals surface area contributed by atoms with E-state index in [2.05, 4.69) is 4.98 Å². The van der Waals surface area contributed by atoms with Gasteiger partial charge in [-0.2, -0.15) is 0 Å². The molecule has 0 saturated carbocycles. The van der Waals surface area contributed by atoms with Gasteiger partial charge in [-0.25, -0.2) is 0 Å². The fourth-order valence-electron chi connectivity index (χ4n) is 1.99. The van der Waals surface area contributed by atoms with E-state index in [9.17, 15) is 9.90 Å². The number of carboxylic acids is 1. The number of carboxylic acid groups (broad SMARTS) is 1. The third-order valence-electron chi connectivity index (χ3n) is 3.09. The second-order valence-corrected chi connectivity index (χ2v) is 5.36. The fourth-order valence-corrected chi connectivity index (χ4v) is 2.17. The lowest BCUT2D eigenvalue weighted by atomic mass is 9.86. The molecule has 94 valence electrons. The Morgan fingerprint density at radius 2 is 2.00 bits per heavy atom. The molecule has 0 fully saturated rings. The Morgan fingerprint density at radius 3 is 2.61 bits per heavy atom. The molecule has 0 spiro atoms. The second-order valence-electron chi connectivity index (χ2n) is 4.92. The maximum absolute atomic E-state index is 11.3. The third kappa shape index (κ3) is 2.06. The lowest BCUT2D eigenvalue weighted by molar-refractivity contribution is -0.142. The first-order chi connectivity index (χ1) is 8.32. The summed E-state index contributed by atoms with van der Waals surface area (Å²) in [5.74, 6) is -0.883. The van der Waals surface area contributed by atoms with E-state index in [1.807, 2.05) is 19.1 Å². The molecule has 1 aromatic heterocycles. The van der Waals surface area contributed by atoms with Crippen LogP contribution in [0.4, 0.5) is 0 Å². The van der Waals surface area contributed by atoms with Crippen LogP contribution in [0.25, 0.3) is 10.9 Å². The van der Waals surface area contributed by atoms with Crippen molar-refractivity contribution in [1.29, 1.82) is 0 Å². The zero-order valence-corrected chi connectivity index (χ0v) is 11.2. The third-order valence-corrected chi connectivity index (χ3v) is 3.33. The Bertz CT molecular complexity index is 635. The Morgan fingerprint density at radius 1 is 1.33 bits per heavy atom. The lowest BCUT2D eigenvalue weighted by Gasteiger charge is -2.21. The summed E-state index contributed by atoms with van der Waals surface area (Å²) in [7, 11) is 0. The maximum atomic E-state index is 11.3. The minimum absolute atomic E-state index is 0.588. The highest BCUT2D eigenvalue weighted by molar-refractivity contribution is 6.31. The number of nitrogens with zero attached hydrogens (tertiary/aromatic N) is 1. The molecule has 2 rings (SSSR count). The van der Waals surface area contributed by atoms with Gasteiger partial charge in [-0.15, -0.1) is 0 Å². The average molecular weight is 264 g/mol. The average Bonchev–Trinajstić information content (AvgIpc) is 2.27. The van der Waals surface area contributed by atoms with Crippen molar-refractivity contribution in [2.45, 2.75) is 26.2 Å². The van der Waals surface area contributed by atoms with Crippen molar-refractivity contribution in [3.63, 3.8) is 0 Å². The summed E-state index contributed by atoms with van der Waals surface area (Å²) in [4.78, 5) is 15.8. The van der Waals surface area contributed by atoms with Crippen molar-refractivity contribution < 1.29 is 9.90 Å². The van der Waals surface area contributed by atoms with Crippen LogP contribution in [-0.2, 0) is 10.2 Å². The number of carbonyl (C=O) groups is 1. The zero-order chi connectivity index (χ0) is 13.5. The van der Waals surface area contributed by atoms with Crippen molar-refractivity contribution in [3.8, 4) is 0 Å². The molecule has 0 aliphatic carbocycles. The van der Waals surface area contributed by atoms with Crippen LogP contribution < -0.4 is 0 Å². The smallest absolute Gasteiger partial charge is 0.315 e. The van der Waals surface area contributed by atoms with E-state index < -0.39 is 11.4 Å². The number of benzene rings is 1. The van der Waals surface area contributed by atoms with E-state index in [1.54, 1.807) is 26.0 Å². The summed E-state index contributed by atoms with van der Waals surface area (Å²) in [5.41, 5.74) is 1.20. The van der Waals surface area contributed by atoms with Gasteiger partial charge in [-0.1, -0.05) is 11.6 Å². The second kappa shape index (κ2) is 4.25. The first-order valence-electron chi connectivity index (χ1n) is 5.63. The molecule has 0 aliphatic heterocycles. The topological polar surface area (TPSA) is 50.2 Å². The van der Waals surface area contributed by atoms with Gasteiger partial charge in [-0.3, -0.25) is 9.78 Å². The number of aliphatic carboxylic acids is 1. The predicted molar refractivity (Wildman–Crippen MR) is 72.2 cm³/mol. The highest BCUT2D eigenvalue weighted by Crippen LogP contribution is 2.28. The van der Waals surface area contributed by atoms with E-state index in [4.69, 9.17) is 11.6 Å². The largest absolute Gasteiger partial charge is 0.481 e. The molecule has 0 bridgehead atoms. The molecule has 1 N–H and O–H groups in total. The van der Waals surface area contributed by atoms with Gasteiger partial charge >= 0.3 is 5.97 Å². The van der Waals surface area contributed by atoms with Crippen LogP contribution in [-0.4, -0.2) is 16.1 Å². The Labute approximate surface area is 110 Å². The molecule has 2 aromatic rings. The van der Waals surface area contributed by atoms with Gasteiger partial charge < -0.3 is 5.11 Å². The summed E-state index contributed by atoms with van der Waals surface area (Å²) in [5, 5.41) is 10.8. The Hall–Kier alpha value is -1.61. The molecule has 0 radical (unpaired) electrons. The van der Waals surface area contributed by atoms with Crippen LogP contribution in [0.15, 0.2) is 24.3 Å².